The third kappa shape index (κ3) is 4.51. The number of amides is 1. The van der Waals surface area contributed by atoms with E-state index in [0.717, 1.165) is 0 Å². The molecule has 0 bridgehead atoms. The molecule has 0 fully saturated rings. The Labute approximate surface area is 134 Å². The Hall–Kier alpha value is -2.95. The van der Waals surface area contributed by atoms with Gasteiger partial charge in [-0.3, -0.25) is 9.59 Å². The van der Waals surface area contributed by atoms with E-state index in [0.29, 0.717) is 29.0 Å². The zero-order valence-corrected chi connectivity index (χ0v) is 13.0. The topological polar surface area (TPSA) is 72.5 Å². The zero-order chi connectivity index (χ0) is 16.8. The minimum Gasteiger partial charge on any atom is -0.423 e. The Kier molecular flexibility index (Phi) is 5.25. The van der Waals surface area contributed by atoms with Crippen molar-refractivity contribution in [3.8, 4) is 5.75 Å². The summed E-state index contributed by atoms with van der Waals surface area (Å²) >= 11 is 0. The van der Waals surface area contributed by atoms with Gasteiger partial charge < -0.3 is 10.1 Å². The van der Waals surface area contributed by atoms with E-state index < -0.39 is 5.97 Å². The molecule has 0 atom stereocenters. The molecule has 0 saturated carbocycles. The first-order valence-corrected chi connectivity index (χ1v) is 7.22. The van der Waals surface area contributed by atoms with Gasteiger partial charge in [-0.25, -0.2) is 4.79 Å². The van der Waals surface area contributed by atoms with Crippen LogP contribution >= 0.6 is 0 Å². The van der Waals surface area contributed by atoms with Crippen molar-refractivity contribution < 1.29 is 19.1 Å². The number of anilines is 1. The minimum atomic E-state index is -0.535. The first-order chi connectivity index (χ1) is 11.0. The third-order valence-corrected chi connectivity index (χ3v) is 3.13. The lowest BCUT2D eigenvalue weighted by molar-refractivity contribution is -0.114. The first-order valence-electron chi connectivity index (χ1n) is 7.22. The van der Waals surface area contributed by atoms with E-state index in [2.05, 4.69) is 5.32 Å². The van der Waals surface area contributed by atoms with Crippen LogP contribution in [0.15, 0.2) is 48.5 Å². The van der Waals surface area contributed by atoms with Crippen LogP contribution in [-0.2, 0) is 4.79 Å². The summed E-state index contributed by atoms with van der Waals surface area (Å²) in [7, 11) is 0. The minimum absolute atomic E-state index is 0.0332. The number of carbonyl (C=O) groups excluding carboxylic acids is 3. The van der Waals surface area contributed by atoms with Crippen molar-refractivity contribution in [3.05, 3.63) is 59.7 Å². The summed E-state index contributed by atoms with van der Waals surface area (Å²) in [5.74, 6) is -0.364. The van der Waals surface area contributed by atoms with Gasteiger partial charge in [-0.2, -0.15) is 0 Å². The van der Waals surface area contributed by atoms with Crippen LogP contribution in [0.2, 0.25) is 0 Å². The molecule has 0 aliphatic rings. The number of esters is 1. The Morgan fingerprint density at radius 2 is 1.70 bits per heavy atom. The molecule has 0 heterocycles. The number of rotatable bonds is 5. The van der Waals surface area contributed by atoms with E-state index in [4.69, 9.17) is 4.74 Å². The van der Waals surface area contributed by atoms with Crippen LogP contribution in [0.5, 0.6) is 5.75 Å². The third-order valence-electron chi connectivity index (χ3n) is 3.13. The van der Waals surface area contributed by atoms with Crippen LogP contribution in [-0.4, -0.2) is 17.7 Å². The van der Waals surface area contributed by atoms with Crippen molar-refractivity contribution in [2.45, 2.75) is 20.3 Å². The van der Waals surface area contributed by atoms with Gasteiger partial charge in [0.05, 0.1) is 5.56 Å². The molecule has 2 aromatic carbocycles. The molecule has 2 aromatic rings. The largest absolute Gasteiger partial charge is 0.423 e. The van der Waals surface area contributed by atoms with Crippen molar-refractivity contribution in [1.82, 2.24) is 0 Å². The van der Waals surface area contributed by atoms with Crippen molar-refractivity contribution in [3.63, 3.8) is 0 Å². The highest BCUT2D eigenvalue weighted by molar-refractivity contribution is 5.96. The average molecular weight is 311 g/mol. The number of hydrogen-bond acceptors (Lipinski definition) is 4. The normalized spacial score (nSPS) is 10.0. The molecule has 0 saturated heterocycles. The van der Waals surface area contributed by atoms with Gasteiger partial charge in [0, 0.05) is 24.6 Å². The molecule has 0 spiro atoms. The van der Waals surface area contributed by atoms with Gasteiger partial charge in [-0.05, 0) is 42.5 Å². The van der Waals surface area contributed by atoms with E-state index in [-0.39, 0.29) is 11.7 Å². The predicted octanol–water partition coefficient (Wildman–Crippen LogP) is 3.46. The van der Waals surface area contributed by atoms with Crippen molar-refractivity contribution in [1.29, 1.82) is 0 Å². The van der Waals surface area contributed by atoms with Crippen LogP contribution in [0.1, 0.15) is 41.0 Å². The van der Waals surface area contributed by atoms with Gasteiger partial charge in [-0.15, -0.1) is 0 Å². The summed E-state index contributed by atoms with van der Waals surface area (Å²) in [6.07, 6.45) is 0.426. The fraction of sp³-hybridized carbons (Fsp3) is 0.167. The summed E-state index contributed by atoms with van der Waals surface area (Å²) < 4.78 is 5.27. The van der Waals surface area contributed by atoms with Crippen LogP contribution < -0.4 is 10.1 Å². The number of hydrogen-bond donors (Lipinski definition) is 1. The summed E-state index contributed by atoms with van der Waals surface area (Å²) in [4.78, 5) is 34.7. The monoisotopic (exact) mass is 311 g/mol. The molecule has 5 nitrogen and oxygen atoms in total. The van der Waals surface area contributed by atoms with Gasteiger partial charge in [0.15, 0.2) is 5.78 Å². The van der Waals surface area contributed by atoms with Gasteiger partial charge in [-0.1, -0.05) is 13.0 Å². The first kappa shape index (κ1) is 16.4. The highest BCUT2D eigenvalue weighted by Crippen LogP contribution is 2.17. The molecule has 5 heteroatoms. The number of Topliss-reactive ketones (excluding diaryl/α,β-unsaturated/α-hetero) is 1. The van der Waals surface area contributed by atoms with Gasteiger partial charge >= 0.3 is 5.97 Å². The number of nitrogens with one attached hydrogen (secondary N) is 1. The molecule has 0 radical (unpaired) electrons. The maximum Gasteiger partial charge on any atom is 0.343 e. The zero-order valence-electron chi connectivity index (χ0n) is 13.0. The van der Waals surface area contributed by atoms with Gasteiger partial charge in [0.2, 0.25) is 5.91 Å². The summed E-state index contributed by atoms with van der Waals surface area (Å²) in [6, 6.07) is 12.9. The standard InChI is InChI=1S/C18H17NO4/c1-3-17(21)13-7-9-16(10-8-13)23-18(22)14-5-4-6-15(11-14)19-12(2)20/h4-11H,3H2,1-2H3,(H,19,20). The second-order valence-electron chi connectivity index (χ2n) is 4.95. The molecule has 0 aliphatic heterocycles. The summed E-state index contributed by atoms with van der Waals surface area (Å²) in [6.45, 7) is 3.18. The van der Waals surface area contributed by atoms with Crippen molar-refractivity contribution in [2.75, 3.05) is 5.32 Å². The molecule has 1 amide bonds. The number of benzene rings is 2. The SMILES string of the molecule is CCC(=O)c1ccc(OC(=O)c2cccc(NC(C)=O)c2)cc1. The highest BCUT2D eigenvalue weighted by Gasteiger charge is 2.10. The number of ether oxygens (including phenoxy) is 1. The van der Waals surface area contributed by atoms with E-state index >= 15 is 0 Å². The Morgan fingerprint density at radius 1 is 1.00 bits per heavy atom. The van der Waals surface area contributed by atoms with E-state index in [1.54, 1.807) is 55.5 Å². The lowest BCUT2D eigenvalue weighted by atomic mass is 10.1. The molecule has 118 valence electrons. The van der Waals surface area contributed by atoms with Gasteiger partial charge in [0.25, 0.3) is 0 Å². The highest BCUT2D eigenvalue weighted by atomic mass is 16.5. The second kappa shape index (κ2) is 7.35. The van der Waals surface area contributed by atoms with E-state index in [1.165, 1.54) is 6.92 Å². The van der Waals surface area contributed by atoms with Crippen molar-refractivity contribution in [2.24, 2.45) is 0 Å². The molecule has 1 N–H and O–H groups in total. The molecular weight excluding hydrogens is 294 g/mol. The molecule has 0 aromatic heterocycles. The number of carbonyl (C=O) groups is 3. The smallest absolute Gasteiger partial charge is 0.343 e. The van der Waals surface area contributed by atoms with Crippen LogP contribution in [0.25, 0.3) is 0 Å². The molecular formula is C18H17NO4. The van der Waals surface area contributed by atoms with Crippen LogP contribution in [0.4, 0.5) is 5.69 Å². The van der Waals surface area contributed by atoms with Crippen molar-refractivity contribution >= 4 is 23.3 Å². The van der Waals surface area contributed by atoms with E-state index in [9.17, 15) is 14.4 Å². The maximum absolute atomic E-state index is 12.1. The molecule has 2 rings (SSSR count). The lowest BCUT2D eigenvalue weighted by Crippen LogP contribution is -2.10. The predicted molar refractivity (Wildman–Crippen MR) is 86.8 cm³/mol. The molecule has 23 heavy (non-hydrogen) atoms. The Morgan fingerprint density at radius 3 is 2.30 bits per heavy atom. The fourth-order valence-electron chi connectivity index (χ4n) is 2.01. The summed E-state index contributed by atoms with van der Waals surface area (Å²) in [5, 5.41) is 2.61. The second-order valence-corrected chi connectivity index (χ2v) is 4.95. The average Bonchev–Trinajstić information content (AvgIpc) is 2.54. The fourth-order valence-corrected chi connectivity index (χ4v) is 2.01. The summed E-state index contributed by atoms with van der Waals surface area (Å²) in [5.41, 5.74) is 1.43. The number of ketones is 1. The van der Waals surface area contributed by atoms with Crippen LogP contribution in [0, 0.1) is 0 Å². The maximum atomic E-state index is 12.1. The van der Waals surface area contributed by atoms with Gasteiger partial charge in [0.1, 0.15) is 5.75 Å². The Bertz CT molecular complexity index is 735. The van der Waals surface area contributed by atoms with Crippen LogP contribution in [0.3, 0.4) is 0 Å². The van der Waals surface area contributed by atoms with E-state index in [1.807, 2.05) is 0 Å². The molecule has 0 aliphatic carbocycles. The lowest BCUT2D eigenvalue weighted by Gasteiger charge is -2.07. The quantitative estimate of drug-likeness (QED) is 0.521. The Balaban J connectivity index is 2.09. The molecule has 0 unspecified atom stereocenters.